The molecule has 1 aliphatic heterocycles. The van der Waals surface area contributed by atoms with E-state index >= 15 is 0 Å². The number of nitrogens with zero attached hydrogens (tertiary/aromatic N) is 2. The number of hydrogen-bond donors (Lipinski definition) is 0. The Morgan fingerprint density at radius 1 is 0.806 bits per heavy atom. The molecular formula is C33H45ClN2. The maximum Gasteiger partial charge on any atom is 0.0367 e. The Morgan fingerprint density at radius 3 is 2.17 bits per heavy atom. The number of rotatable bonds is 5. The van der Waals surface area contributed by atoms with Gasteiger partial charge in [0.2, 0.25) is 0 Å². The standard InChI is InChI=1S/C33H44N2.ClH/c1-34-14-16-35(17-15-34)30-12-10-25(11-13-30)19-28-6-2-5-9-31(28)33-22-26-18-27(23-33)21-32(20-26,24-33)29-7-3-4-8-29;/h2,5-6,9-13,26-27,29H,3-4,7-8,14-24H2,1H3;1H. The molecule has 5 saturated carbocycles. The molecule has 0 amide bonds. The fourth-order valence-electron chi connectivity index (χ4n) is 9.97. The highest BCUT2D eigenvalue weighted by Crippen LogP contribution is 2.69. The molecule has 0 aromatic heterocycles. The van der Waals surface area contributed by atoms with Gasteiger partial charge in [-0.1, -0.05) is 49.2 Å². The van der Waals surface area contributed by atoms with Crippen molar-refractivity contribution in [2.75, 3.05) is 38.1 Å². The van der Waals surface area contributed by atoms with Gasteiger partial charge in [0.1, 0.15) is 0 Å². The molecule has 4 bridgehead atoms. The predicted molar refractivity (Wildman–Crippen MR) is 153 cm³/mol. The molecule has 2 nitrogen and oxygen atoms in total. The lowest BCUT2D eigenvalue weighted by atomic mass is 9.40. The average Bonchev–Trinajstić information content (AvgIpc) is 3.41. The Hall–Kier alpha value is -1.51. The van der Waals surface area contributed by atoms with Gasteiger partial charge in [0.25, 0.3) is 0 Å². The molecule has 194 valence electrons. The Labute approximate surface area is 225 Å². The van der Waals surface area contributed by atoms with E-state index in [0.717, 1.165) is 37.3 Å². The molecule has 2 atom stereocenters. The van der Waals surface area contributed by atoms with Crippen LogP contribution in [0, 0.1) is 23.2 Å². The monoisotopic (exact) mass is 504 g/mol. The van der Waals surface area contributed by atoms with E-state index in [2.05, 4.69) is 65.4 Å². The van der Waals surface area contributed by atoms with Gasteiger partial charge < -0.3 is 9.80 Å². The average molecular weight is 505 g/mol. The summed E-state index contributed by atoms with van der Waals surface area (Å²) >= 11 is 0. The number of benzene rings is 2. The van der Waals surface area contributed by atoms with Gasteiger partial charge in [-0.05, 0) is 122 Å². The van der Waals surface area contributed by atoms with Crippen molar-refractivity contribution in [3.8, 4) is 0 Å². The van der Waals surface area contributed by atoms with Gasteiger partial charge >= 0.3 is 0 Å². The fourth-order valence-corrected chi connectivity index (χ4v) is 9.97. The molecule has 3 heteroatoms. The summed E-state index contributed by atoms with van der Waals surface area (Å²) in [6.07, 6.45) is 16.2. The topological polar surface area (TPSA) is 6.48 Å². The molecule has 36 heavy (non-hydrogen) atoms. The lowest BCUT2D eigenvalue weighted by Gasteiger charge is -2.64. The normalized spacial score (nSPS) is 34.2. The van der Waals surface area contributed by atoms with Crippen LogP contribution in [-0.2, 0) is 11.8 Å². The molecule has 2 aromatic carbocycles. The molecule has 6 fully saturated rings. The van der Waals surface area contributed by atoms with E-state index < -0.39 is 0 Å². The Bertz CT molecular complexity index is 1030. The predicted octanol–water partition coefficient (Wildman–Crippen LogP) is 7.48. The Kier molecular flexibility index (Phi) is 6.66. The zero-order valence-corrected chi connectivity index (χ0v) is 23.1. The molecular weight excluding hydrogens is 460 g/mol. The van der Waals surface area contributed by atoms with Crippen molar-refractivity contribution >= 4 is 18.1 Å². The quantitative estimate of drug-likeness (QED) is 0.416. The van der Waals surface area contributed by atoms with Gasteiger partial charge in [0.05, 0.1) is 0 Å². The van der Waals surface area contributed by atoms with E-state index in [1.54, 1.807) is 24.0 Å². The van der Waals surface area contributed by atoms with E-state index in [0.29, 0.717) is 10.8 Å². The van der Waals surface area contributed by atoms with Gasteiger partial charge in [-0.15, -0.1) is 12.4 Å². The molecule has 8 rings (SSSR count). The highest BCUT2D eigenvalue weighted by Gasteiger charge is 2.60. The van der Waals surface area contributed by atoms with Gasteiger partial charge in [-0.3, -0.25) is 0 Å². The van der Waals surface area contributed by atoms with E-state index in [1.807, 2.05) is 0 Å². The lowest BCUT2D eigenvalue weighted by molar-refractivity contribution is -0.102. The van der Waals surface area contributed by atoms with Gasteiger partial charge in [-0.25, -0.2) is 0 Å². The minimum atomic E-state index is 0. The molecule has 6 aliphatic rings. The maximum atomic E-state index is 2.55. The van der Waals surface area contributed by atoms with Crippen molar-refractivity contribution < 1.29 is 0 Å². The zero-order chi connectivity index (χ0) is 23.5. The number of likely N-dealkylation sites (N-methyl/N-ethyl adjacent to an activating group) is 1. The first-order valence-corrected chi connectivity index (χ1v) is 14.7. The summed E-state index contributed by atoms with van der Waals surface area (Å²) in [5.74, 6) is 3.02. The second-order valence-corrected chi connectivity index (χ2v) is 13.4. The summed E-state index contributed by atoms with van der Waals surface area (Å²) in [6, 6.07) is 19.2. The molecule has 2 aromatic rings. The maximum absolute atomic E-state index is 2.55. The minimum absolute atomic E-state index is 0. The summed E-state index contributed by atoms with van der Waals surface area (Å²) in [7, 11) is 2.23. The number of piperazine rings is 1. The van der Waals surface area contributed by atoms with Crippen LogP contribution in [0.1, 0.15) is 80.9 Å². The van der Waals surface area contributed by atoms with Gasteiger partial charge in [0, 0.05) is 31.9 Å². The minimum Gasteiger partial charge on any atom is -0.369 e. The van der Waals surface area contributed by atoms with Gasteiger partial charge in [0.15, 0.2) is 0 Å². The van der Waals surface area contributed by atoms with Gasteiger partial charge in [-0.2, -0.15) is 0 Å². The first-order valence-electron chi connectivity index (χ1n) is 14.7. The van der Waals surface area contributed by atoms with E-state index in [4.69, 9.17) is 0 Å². The molecule has 1 saturated heterocycles. The summed E-state index contributed by atoms with van der Waals surface area (Å²) < 4.78 is 0. The van der Waals surface area contributed by atoms with Crippen LogP contribution < -0.4 is 4.90 Å². The summed E-state index contributed by atoms with van der Waals surface area (Å²) in [4.78, 5) is 4.98. The summed E-state index contributed by atoms with van der Waals surface area (Å²) in [5, 5.41) is 0. The smallest absolute Gasteiger partial charge is 0.0367 e. The highest BCUT2D eigenvalue weighted by molar-refractivity contribution is 5.85. The van der Waals surface area contributed by atoms with Crippen LogP contribution in [0.2, 0.25) is 0 Å². The van der Waals surface area contributed by atoms with Crippen molar-refractivity contribution in [2.45, 2.75) is 76.0 Å². The lowest BCUT2D eigenvalue weighted by Crippen LogP contribution is -2.56. The number of halogens is 1. The van der Waals surface area contributed by atoms with Crippen molar-refractivity contribution in [1.82, 2.24) is 4.90 Å². The third-order valence-electron chi connectivity index (χ3n) is 11.1. The zero-order valence-electron chi connectivity index (χ0n) is 22.3. The molecule has 0 spiro atoms. The molecule has 0 N–H and O–H groups in total. The van der Waals surface area contributed by atoms with E-state index in [1.165, 1.54) is 75.7 Å². The summed E-state index contributed by atoms with van der Waals surface area (Å²) in [5.41, 5.74) is 7.37. The van der Waals surface area contributed by atoms with Crippen LogP contribution in [0.15, 0.2) is 48.5 Å². The van der Waals surface area contributed by atoms with E-state index in [9.17, 15) is 0 Å². The van der Waals surface area contributed by atoms with Crippen LogP contribution in [0.3, 0.4) is 0 Å². The molecule has 2 unspecified atom stereocenters. The van der Waals surface area contributed by atoms with Crippen molar-refractivity contribution in [1.29, 1.82) is 0 Å². The number of hydrogen-bond acceptors (Lipinski definition) is 2. The van der Waals surface area contributed by atoms with Crippen LogP contribution >= 0.6 is 12.4 Å². The largest absolute Gasteiger partial charge is 0.369 e. The van der Waals surface area contributed by atoms with Crippen LogP contribution in [0.5, 0.6) is 0 Å². The first kappa shape index (κ1) is 24.8. The molecule has 1 heterocycles. The SMILES string of the molecule is CN1CCN(c2ccc(Cc3ccccc3C34CC5CC(C3)CC(C3CCCC3)(C5)C4)cc2)CC1.Cl. The Morgan fingerprint density at radius 2 is 1.47 bits per heavy atom. The first-order chi connectivity index (χ1) is 17.1. The van der Waals surface area contributed by atoms with E-state index in [-0.39, 0.29) is 12.4 Å². The Balaban J connectivity index is 0.00000240. The summed E-state index contributed by atoms with van der Waals surface area (Å²) in [6.45, 7) is 4.63. The highest BCUT2D eigenvalue weighted by atomic mass is 35.5. The molecule has 5 aliphatic carbocycles. The van der Waals surface area contributed by atoms with Crippen LogP contribution in [0.4, 0.5) is 5.69 Å². The van der Waals surface area contributed by atoms with Crippen molar-refractivity contribution in [3.05, 3.63) is 65.2 Å². The third kappa shape index (κ3) is 4.31. The number of anilines is 1. The second kappa shape index (κ2) is 9.66. The van der Waals surface area contributed by atoms with Crippen LogP contribution in [0.25, 0.3) is 0 Å². The second-order valence-electron chi connectivity index (χ2n) is 13.4. The van der Waals surface area contributed by atoms with Crippen molar-refractivity contribution in [2.24, 2.45) is 23.2 Å². The van der Waals surface area contributed by atoms with Crippen LogP contribution in [-0.4, -0.2) is 38.1 Å². The fraction of sp³-hybridized carbons (Fsp3) is 0.636. The third-order valence-corrected chi connectivity index (χ3v) is 11.1. The van der Waals surface area contributed by atoms with Crippen molar-refractivity contribution in [3.63, 3.8) is 0 Å². The molecule has 0 radical (unpaired) electrons.